The molecule has 1 saturated heterocycles. The zero-order valence-corrected chi connectivity index (χ0v) is 11.1. The first-order chi connectivity index (χ1) is 10.1. The van der Waals surface area contributed by atoms with Crippen LogP contribution in [0.3, 0.4) is 0 Å². The molecule has 3 rings (SSSR count). The molecule has 0 amide bonds. The van der Waals surface area contributed by atoms with Gasteiger partial charge in [-0.05, 0) is 30.2 Å². The van der Waals surface area contributed by atoms with E-state index in [9.17, 15) is 13.2 Å². The summed E-state index contributed by atoms with van der Waals surface area (Å²) in [6.45, 7) is 1.13. The average Bonchev–Trinajstić information content (AvgIpc) is 2.51. The third-order valence-electron chi connectivity index (χ3n) is 3.32. The van der Waals surface area contributed by atoms with E-state index < -0.39 is 23.7 Å². The number of ether oxygens (including phenoxy) is 2. The molecule has 0 aliphatic carbocycles. The summed E-state index contributed by atoms with van der Waals surface area (Å²) >= 11 is 0. The minimum Gasteiger partial charge on any atom is -0.348 e. The molecule has 1 fully saturated rings. The molecule has 110 valence electrons. The lowest BCUT2D eigenvalue weighted by Crippen LogP contribution is -2.17. The highest BCUT2D eigenvalue weighted by Crippen LogP contribution is 2.29. The van der Waals surface area contributed by atoms with Gasteiger partial charge in [0.1, 0.15) is 5.82 Å². The molecule has 5 heteroatoms. The van der Waals surface area contributed by atoms with Gasteiger partial charge in [0.25, 0.3) is 0 Å². The maximum Gasteiger partial charge on any atom is 0.183 e. The largest absolute Gasteiger partial charge is 0.348 e. The van der Waals surface area contributed by atoms with E-state index >= 15 is 0 Å². The standard InChI is InChI=1S/C16H13F3O2/c17-13-5-3-10(8-15(13)19)12-4-2-11(9-14(12)18)16-20-6-1-7-21-16/h2-5,8-9,16H,1,6-7H2. The lowest BCUT2D eigenvalue weighted by atomic mass is 10.0. The molecule has 1 aliphatic rings. The van der Waals surface area contributed by atoms with Gasteiger partial charge in [-0.15, -0.1) is 0 Å². The van der Waals surface area contributed by atoms with E-state index in [4.69, 9.17) is 9.47 Å². The molecule has 2 aromatic carbocycles. The first kappa shape index (κ1) is 14.1. The average molecular weight is 294 g/mol. The number of halogens is 3. The number of hydrogen-bond acceptors (Lipinski definition) is 2. The Morgan fingerprint density at radius 3 is 2.24 bits per heavy atom. The van der Waals surface area contributed by atoms with Crippen LogP contribution in [0.15, 0.2) is 36.4 Å². The molecule has 0 N–H and O–H groups in total. The molecule has 0 spiro atoms. The van der Waals surface area contributed by atoms with Crippen LogP contribution in [-0.2, 0) is 9.47 Å². The molecule has 2 nitrogen and oxygen atoms in total. The van der Waals surface area contributed by atoms with E-state index in [1.165, 1.54) is 18.2 Å². The Morgan fingerprint density at radius 2 is 1.57 bits per heavy atom. The van der Waals surface area contributed by atoms with E-state index in [1.54, 1.807) is 6.07 Å². The fourth-order valence-electron chi connectivity index (χ4n) is 2.26. The topological polar surface area (TPSA) is 18.5 Å². The van der Waals surface area contributed by atoms with Crippen LogP contribution in [-0.4, -0.2) is 13.2 Å². The first-order valence-electron chi connectivity index (χ1n) is 6.63. The van der Waals surface area contributed by atoms with Gasteiger partial charge in [-0.25, -0.2) is 13.2 Å². The molecule has 1 heterocycles. The molecule has 2 aromatic rings. The van der Waals surface area contributed by atoms with Crippen LogP contribution in [0.25, 0.3) is 11.1 Å². The summed E-state index contributed by atoms with van der Waals surface area (Å²) in [4.78, 5) is 0. The van der Waals surface area contributed by atoms with Crippen molar-refractivity contribution in [2.45, 2.75) is 12.7 Å². The van der Waals surface area contributed by atoms with Gasteiger partial charge in [0.2, 0.25) is 0 Å². The Morgan fingerprint density at radius 1 is 0.810 bits per heavy atom. The molecular weight excluding hydrogens is 281 g/mol. The lowest BCUT2D eigenvalue weighted by molar-refractivity contribution is -0.183. The smallest absolute Gasteiger partial charge is 0.183 e. The number of hydrogen-bond donors (Lipinski definition) is 0. The molecule has 0 unspecified atom stereocenters. The van der Waals surface area contributed by atoms with Crippen molar-refractivity contribution in [3.05, 3.63) is 59.4 Å². The van der Waals surface area contributed by atoms with Crippen LogP contribution < -0.4 is 0 Å². The fourth-order valence-corrected chi connectivity index (χ4v) is 2.26. The zero-order valence-electron chi connectivity index (χ0n) is 11.1. The van der Waals surface area contributed by atoms with E-state index in [2.05, 4.69) is 0 Å². The molecule has 0 radical (unpaired) electrons. The van der Waals surface area contributed by atoms with Crippen molar-refractivity contribution < 1.29 is 22.6 Å². The van der Waals surface area contributed by atoms with Crippen LogP contribution in [0.4, 0.5) is 13.2 Å². The third kappa shape index (κ3) is 2.94. The van der Waals surface area contributed by atoms with Gasteiger partial charge in [-0.1, -0.05) is 18.2 Å². The highest BCUT2D eigenvalue weighted by Gasteiger charge is 2.18. The van der Waals surface area contributed by atoms with Crippen molar-refractivity contribution in [2.75, 3.05) is 13.2 Å². The summed E-state index contributed by atoms with van der Waals surface area (Å²) in [6.07, 6.45) is 0.235. The van der Waals surface area contributed by atoms with Crippen molar-refractivity contribution in [3.63, 3.8) is 0 Å². The van der Waals surface area contributed by atoms with Gasteiger partial charge >= 0.3 is 0 Å². The van der Waals surface area contributed by atoms with Crippen LogP contribution in [0, 0.1) is 17.5 Å². The Kier molecular flexibility index (Phi) is 3.94. The van der Waals surface area contributed by atoms with Crippen molar-refractivity contribution in [1.82, 2.24) is 0 Å². The molecule has 0 saturated carbocycles. The predicted octanol–water partition coefficient (Wildman–Crippen LogP) is 4.21. The maximum absolute atomic E-state index is 14.2. The molecule has 0 aromatic heterocycles. The summed E-state index contributed by atoms with van der Waals surface area (Å²) in [6, 6.07) is 7.76. The third-order valence-corrected chi connectivity index (χ3v) is 3.32. The summed E-state index contributed by atoms with van der Waals surface area (Å²) in [7, 11) is 0. The van der Waals surface area contributed by atoms with Gasteiger partial charge in [-0.3, -0.25) is 0 Å². The number of rotatable bonds is 2. The van der Waals surface area contributed by atoms with E-state index in [1.807, 2.05) is 0 Å². The van der Waals surface area contributed by atoms with E-state index in [-0.39, 0.29) is 11.1 Å². The van der Waals surface area contributed by atoms with Crippen molar-refractivity contribution >= 4 is 0 Å². The molecule has 0 bridgehead atoms. The highest BCUT2D eigenvalue weighted by atomic mass is 19.2. The summed E-state index contributed by atoms with van der Waals surface area (Å²) in [5.74, 6) is -2.49. The summed E-state index contributed by atoms with van der Waals surface area (Å²) < 4.78 is 51.1. The van der Waals surface area contributed by atoms with Crippen LogP contribution in [0.1, 0.15) is 18.3 Å². The SMILES string of the molecule is Fc1ccc(-c2ccc(C3OCCCO3)cc2F)cc1F. The monoisotopic (exact) mass is 294 g/mol. The Hall–Kier alpha value is -1.85. The van der Waals surface area contributed by atoms with Crippen LogP contribution in [0.5, 0.6) is 0 Å². The molecular formula is C16H13F3O2. The maximum atomic E-state index is 14.2. The summed E-state index contributed by atoms with van der Waals surface area (Å²) in [5.41, 5.74) is 1.05. The minimum atomic E-state index is -1.00. The van der Waals surface area contributed by atoms with Crippen molar-refractivity contribution in [3.8, 4) is 11.1 Å². The first-order valence-corrected chi connectivity index (χ1v) is 6.63. The second-order valence-electron chi connectivity index (χ2n) is 4.80. The van der Waals surface area contributed by atoms with Gasteiger partial charge < -0.3 is 9.47 Å². The van der Waals surface area contributed by atoms with Gasteiger partial charge in [0.05, 0.1) is 13.2 Å². The van der Waals surface area contributed by atoms with E-state index in [0.717, 1.165) is 18.6 Å². The Balaban J connectivity index is 1.91. The normalized spacial score (nSPS) is 16.1. The Labute approximate surface area is 120 Å². The zero-order chi connectivity index (χ0) is 14.8. The highest BCUT2D eigenvalue weighted by molar-refractivity contribution is 5.64. The quantitative estimate of drug-likeness (QED) is 0.826. The molecule has 21 heavy (non-hydrogen) atoms. The van der Waals surface area contributed by atoms with Crippen LogP contribution in [0.2, 0.25) is 0 Å². The van der Waals surface area contributed by atoms with Crippen molar-refractivity contribution in [1.29, 1.82) is 0 Å². The summed E-state index contributed by atoms with van der Waals surface area (Å²) in [5, 5.41) is 0. The second-order valence-corrected chi connectivity index (χ2v) is 4.80. The minimum absolute atomic E-state index is 0.202. The van der Waals surface area contributed by atoms with E-state index in [0.29, 0.717) is 18.8 Å². The van der Waals surface area contributed by atoms with Gasteiger partial charge in [0.15, 0.2) is 17.9 Å². The second kappa shape index (κ2) is 5.87. The molecule has 0 atom stereocenters. The van der Waals surface area contributed by atoms with Crippen LogP contribution >= 0.6 is 0 Å². The number of benzene rings is 2. The van der Waals surface area contributed by atoms with Crippen molar-refractivity contribution in [2.24, 2.45) is 0 Å². The Bertz CT molecular complexity index is 652. The molecule has 1 aliphatic heterocycles. The fraction of sp³-hybridized carbons (Fsp3) is 0.250. The predicted molar refractivity (Wildman–Crippen MR) is 71.0 cm³/mol. The van der Waals surface area contributed by atoms with Gasteiger partial charge in [0, 0.05) is 11.1 Å². The lowest BCUT2D eigenvalue weighted by Gasteiger charge is -2.23. The van der Waals surface area contributed by atoms with Gasteiger partial charge in [-0.2, -0.15) is 0 Å².